The molecule has 4 nitrogen and oxygen atoms in total. The SMILES string of the molecule is COc1ccccc1CC(C)CC(=O)NCCCCN.Cl. The summed E-state index contributed by atoms with van der Waals surface area (Å²) in [4.78, 5) is 11.8. The Balaban J connectivity index is 0.00000400. The number of methoxy groups -OCH3 is 1. The number of carbonyl (C=O) groups excluding carboxylic acids is 1. The molecule has 1 rings (SSSR count). The molecule has 5 heteroatoms. The van der Waals surface area contributed by atoms with E-state index >= 15 is 0 Å². The first kappa shape index (κ1) is 19.7. The lowest BCUT2D eigenvalue weighted by Gasteiger charge is -2.14. The van der Waals surface area contributed by atoms with E-state index in [1.807, 2.05) is 18.2 Å². The molecule has 21 heavy (non-hydrogen) atoms. The van der Waals surface area contributed by atoms with E-state index in [0.717, 1.165) is 37.1 Å². The molecule has 0 spiro atoms. The molecule has 1 unspecified atom stereocenters. The van der Waals surface area contributed by atoms with Crippen molar-refractivity contribution in [2.75, 3.05) is 20.2 Å². The van der Waals surface area contributed by atoms with Crippen LogP contribution in [0, 0.1) is 5.92 Å². The Labute approximate surface area is 133 Å². The molecule has 120 valence electrons. The van der Waals surface area contributed by atoms with Gasteiger partial charge in [-0.05, 0) is 43.4 Å². The minimum atomic E-state index is 0. The number of unbranched alkanes of at least 4 members (excludes halogenated alkanes) is 1. The van der Waals surface area contributed by atoms with Crippen molar-refractivity contribution < 1.29 is 9.53 Å². The maximum Gasteiger partial charge on any atom is 0.220 e. The van der Waals surface area contributed by atoms with Crippen molar-refractivity contribution >= 4 is 18.3 Å². The van der Waals surface area contributed by atoms with Crippen LogP contribution in [0.15, 0.2) is 24.3 Å². The molecule has 0 fully saturated rings. The number of hydrogen-bond donors (Lipinski definition) is 2. The summed E-state index contributed by atoms with van der Waals surface area (Å²) in [5.41, 5.74) is 6.57. The maximum absolute atomic E-state index is 11.8. The quantitative estimate of drug-likeness (QED) is 0.688. The van der Waals surface area contributed by atoms with Gasteiger partial charge in [-0.3, -0.25) is 4.79 Å². The summed E-state index contributed by atoms with van der Waals surface area (Å²) in [5.74, 6) is 1.30. The molecule has 0 radical (unpaired) electrons. The summed E-state index contributed by atoms with van der Waals surface area (Å²) in [6.45, 7) is 3.49. The van der Waals surface area contributed by atoms with Crippen LogP contribution in [-0.2, 0) is 11.2 Å². The van der Waals surface area contributed by atoms with Gasteiger partial charge in [-0.15, -0.1) is 12.4 Å². The lowest BCUT2D eigenvalue weighted by molar-refractivity contribution is -0.121. The Bertz CT molecular complexity index is 413. The Morgan fingerprint density at radius 1 is 1.33 bits per heavy atom. The molecule has 1 amide bonds. The summed E-state index contributed by atoms with van der Waals surface area (Å²) in [6, 6.07) is 7.96. The molecular formula is C16H27ClN2O2. The van der Waals surface area contributed by atoms with E-state index in [2.05, 4.69) is 18.3 Å². The maximum atomic E-state index is 11.8. The number of ether oxygens (including phenoxy) is 1. The predicted octanol–water partition coefficient (Wildman–Crippen LogP) is 2.54. The van der Waals surface area contributed by atoms with Crippen molar-refractivity contribution in [2.45, 2.75) is 32.6 Å². The van der Waals surface area contributed by atoms with Gasteiger partial charge in [-0.25, -0.2) is 0 Å². The number of rotatable bonds is 9. The molecule has 0 aliphatic rings. The van der Waals surface area contributed by atoms with Crippen LogP contribution in [0.2, 0.25) is 0 Å². The van der Waals surface area contributed by atoms with Gasteiger partial charge in [0.05, 0.1) is 7.11 Å². The van der Waals surface area contributed by atoms with Crippen LogP contribution in [0.3, 0.4) is 0 Å². The number of nitrogens with two attached hydrogens (primary N) is 1. The second-order valence-corrected chi connectivity index (χ2v) is 5.17. The largest absolute Gasteiger partial charge is 0.496 e. The van der Waals surface area contributed by atoms with Crippen molar-refractivity contribution in [3.8, 4) is 5.75 Å². The highest BCUT2D eigenvalue weighted by atomic mass is 35.5. The molecular weight excluding hydrogens is 288 g/mol. The van der Waals surface area contributed by atoms with Gasteiger partial charge >= 0.3 is 0 Å². The molecule has 0 saturated heterocycles. The fourth-order valence-electron chi connectivity index (χ4n) is 2.20. The first-order valence-electron chi connectivity index (χ1n) is 7.26. The lowest BCUT2D eigenvalue weighted by Crippen LogP contribution is -2.26. The average molecular weight is 315 g/mol. The number of benzene rings is 1. The Morgan fingerprint density at radius 2 is 2.05 bits per heavy atom. The van der Waals surface area contributed by atoms with E-state index in [0.29, 0.717) is 18.9 Å². The van der Waals surface area contributed by atoms with Crippen LogP contribution in [0.5, 0.6) is 5.75 Å². The molecule has 1 aromatic carbocycles. The number of nitrogens with one attached hydrogen (secondary N) is 1. The second kappa shape index (κ2) is 11.4. The fraction of sp³-hybridized carbons (Fsp3) is 0.562. The van der Waals surface area contributed by atoms with Crippen molar-refractivity contribution in [3.63, 3.8) is 0 Å². The molecule has 0 aliphatic carbocycles. The minimum absolute atomic E-state index is 0. The Morgan fingerprint density at radius 3 is 2.71 bits per heavy atom. The number of carbonyl (C=O) groups is 1. The van der Waals surface area contributed by atoms with E-state index < -0.39 is 0 Å². The molecule has 1 aromatic rings. The second-order valence-electron chi connectivity index (χ2n) is 5.17. The third kappa shape index (κ3) is 7.93. The number of para-hydroxylation sites is 1. The topological polar surface area (TPSA) is 64.3 Å². The zero-order chi connectivity index (χ0) is 14.8. The first-order chi connectivity index (χ1) is 9.67. The zero-order valence-corrected chi connectivity index (χ0v) is 13.7. The Kier molecular flexibility index (Phi) is 10.7. The van der Waals surface area contributed by atoms with Gasteiger partial charge in [-0.2, -0.15) is 0 Å². The normalized spacial score (nSPS) is 11.4. The lowest BCUT2D eigenvalue weighted by atomic mass is 9.97. The average Bonchev–Trinajstić information content (AvgIpc) is 2.44. The highest BCUT2D eigenvalue weighted by Gasteiger charge is 2.11. The van der Waals surface area contributed by atoms with Gasteiger partial charge in [0.2, 0.25) is 5.91 Å². The van der Waals surface area contributed by atoms with Crippen molar-refractivity contribution in [3.05, 3.63) is 29.8 Å². The zero-order valence-electron chi connectivity index (χ0n) is 12.9. The van der Waals surface area contributed by atoms with E-state index in [1.165, 1.54) is 0 Å². The number of halogens is 1. The predicted molar refractivity (Wildman–Crippen MR) is 89.0 cm³/mol. The molecule has 0 saturated carbocycles. The van der Waals surface area contributed by atoms with Gasteiger partial charge in [0.1, 0.15) is 5.75 Å². The van der Waals surface area contributed by atoms with Crippen LogP contribution in [0.25, 0.3) is 0 Å². The molecule has 1 atom stereocenters. The van der Waals surface area contributed by atoms with E-state index in [-0.39, 0.29) is 18.3 Å². The fourth-order valence-corrected chi connectivity index (χ4v) is 2.20. The third-order valence-corrected chi connectivity index (χ3v) is 3.25. The molecule has 0 aromatic heterocycles. The monoisotopic (exact) mass is 314 g/mol. The van der Waals surface area contributed by atoms with Gasteiger partial charge in [-0.1, -0.05) is 25.1 Å². The highest BCUT2D eigenvalue weighted by molar-refractivity contribution is 5.85. The summed E-state index contributed by atoms with van der Waals surface area (Å²) >= 11 is 0. The van der Waals surface area contributed by atoms with Gasteiger partial charge in [0.15, 0.2) is 0 Å². The van der Waals surface area contributed by atoms with Crippen LogP contribution in [0.4, 0.5) is 0 Å². The van der Waals surface area contributed by atoms with Crippen LogP contribution >= 0.6 is 12.4 Å². The standard InChI is InChI=1S/C16H26N2O2.ClH/c1-13(12-16(19)18-10-6-5-9-17)11-14-7-3-4-8-15(14)20-2;/h3-4,7-8,13H,5-6,9-12,17H2,1-2H3,(H,18,19);1H. The summed E-state index contributed by atoms with van der Waals surface area (Å²) in [6.07, 6.45) is 3.29. The molecule has 3 N–H and O–H groups in total. The number of hydrogen-bond acceptors (Lipinski definition) is 3. The smallest absolute Gasteiger partial charge is 0.220 e. The van der Waals surface area contributed by atoms with E-state index in [1.54, 1.807) is 7.11 Å². The summed E-state index contributed by atoms with van der Waals surface area (Å²) in [5, 5.41) is 2.94. The summed E-state index contributed by atoms with van der Waals surface area (Å²) in [7, 11) is 1.67. The van der Waals surface area contributed by atoms with Crippen molar-refractivity contribution in [2.24, 2.45) is 11.7 Å². The van der Waals surface area contributed by atoms with Gasteiger partial charge in [0, 0.05) is 13.0 Å². The Hall–Kier alpha value is -1.26. The molecule has 0 bridgehead atoms. The van der Waals surface area contributed by atoms with Gasteiger partial charge in [0.25, 0.3) is 0 Å². The van der Waals surface area contributed by atoms with Crippen LogP contribution in [0.1, 0.15) is 31.7 Å². The van der Waals surface area contributed by atoms with Gasteiger partial charge < -0.3 is 15.8 Å². The molecule has 0 heterocycles. The highest BCUT2D eigenvalue weighted by Crippen LogP contribution is 2.21. The van der Waals surface area contributed by atoms with Crippen molar-refractivity contribution in [1.29, 1.82) is 0 Å². The molecule has 0 aliphatic heterocycles. The summed E-state index contributed by atoms with van der Waals surface area (Å²) < 4.78 is 5.33. The van der Waals surface area contributed by atoms with Crippen molar-refractivity contribution in [1.82, 2.24) is 5.32 Å². The van der Waals surface area contributed by atoms with Crippen LogP contribution < -0.4 is 15.8 Å². The van der Waals surface area contributed by atoms with Crippen LogP contribution in [-0.4, -0.2) is 26.1 Å². The first-order valence-corrected chi connectivity index (χ1v) is 7.26. The van der Waals surface area contributed by atoms with E-state index in [9.17, 15) is 4.79 Å². The number of amides is 1. The third-order valence-electron chi connectivity index (χ3n) is 3.25. The van der Waals surface area contributed by atoms with E-state index in [4.69, 9.17) is 10.5 Å². The minimum Gasteiger partial charge on any atom is -0.496 e.